The molecule has 1 aliphatic carbocycles. The average molecular weight is 238 g/mol. The first kappa shape index (κ1) is 11.9. The van der Waals surface area contributed by atoms with Crippen LogP contribution in [0.5, 0.6) is 5.75 Å². The Kier molecular flexibility index (Phi) is 2.81. The van der Waals surface area contributed by atoms with E-state index in [0.717, 1.165) is 5.56 Å². The van der Waals surface area contributed by atoms with Gasteiger partial charge in [-0.25, -0.2) is 4.79 Å². The Morgan fingerprint density at radius 2 is 2.24 bits per heavy atom. The van der Waals surface area contributed by atoms with Gasteiger partial charge in [-0.1, -0.05) is 12.1 Å². The fourth-order valence-corrected chi connectivity index (χ4v) is 2.18. The van der Waals surface area contributed by atoms with Gasteiger partial charge in [-0.15, -0.1) is 0 Å². The van der Waals surface area contributed by atoms with Crippen LogP contribution in [0.4, 0.5) is 0 Å². The quantitative estimate of drug-likeness (QED) is 0.673. The third-order valence-corrected chi connectivity index (χ3v) is 3.23. The number of ether oxygens (including phenoxy) is 1. The number of carboxylic acid groups (broad SMARTS) is 1. The predicted octanol–water partition coefficient (Wildman–Crippen LogP) is -0.0296. The van der Waals surface area contributed by atoms with Gasteiger partial charge in [0, 0.05) is 18.4 Å². The molecule has 0 heterocycles. The van der Waals surface area contributed by atoms with Gasteiger partial charge in [0.2, 0.25) is 0 Å². The van der Waals surface area contributed by atoms with Gasteiger partial charge in [0.25, 0.3) is 0 Å². The number of methoxy groups -OCH3 is 1. The molecule has 0 unspecified atom stereocenters. The number of aliphatic hydroxyl groups excluding tert-OH is 1. The van der Waals surface area contributed by atoms with Crippen molar-refractivity contribution in [2.75, 3.05) is 7.11 Å². The number of rotatable bonds is 2. The van der Waals surface area contributed by atoms with Crippen molar-refractivity contribution in [3.8, 4) is 5.75 Å². The molecular weight excluding hydrogens is 224 g/mol. The fourth-order valence-electron chi connectivity index (χ4n) is 2.18. The molecule has 0 amide bonds. The maximum Gasteiger partial charge on any atom is 0.338 e. The third-order valence-electron chi connectivity index (χ3n) is 3.23. The normalized spacial score (nSPS) is 27.4. The van der Waals surface area contributed by atoms with Crippen molar-refractivity contribution < 1.29 is 24.9 Å². The van der Waals surface area contributed by atoms with Crippen molar-refractivity contribution >= 4 is 5.97 Å². The average Bonchev–Trinajstić information content (AvgIpc) is 2.29. The van der Waals surface area contributed by atoms with Crippen LogP contribution in [0.1, 0.15) is 11.1 Å². The van der Waals surface area contributed by atoms with Crippen molar-refractivity contribution in [3.63, 3.8) is 0 Å². The first-order valence-electron chi connectivity index (χ1n) is 5.27. The number of carboxylic acids is 1. The van der Waals surface area contributed by atoms with Crippen LogP contribution in [0.3, 0.4) is 0 Å². The Balaban J connectivity index is 2.49. The maximum absolute atomic E-state index is 11.0. The Morgan fingerprint density at radius 3 is 2.82 bits per heavy atom. The Hall–Kier alpha value is -1.59. The number of fused-ring (bicyclic) bond motifs is 1. The molecule has 1 aliphatic rings. The minimum absolute atomic E-state index is 0.106. The lowest BCUT2D eigenvalue weighted by Gasteiger charge is -2.34. The van der Waals surface area contributed by atoms with Crippen molar-refractivity contribution in [1.82, 2.24) is 0 Å². The topological polar surface area (TPSA) is 87.0 Å². The number of carbonyl (C=O) groups is 1. The molecule has 1 aromatic carbocycles. The van der Waals surface area contributed by atoms with Crippen molar-refractivity contribution in [1.29, 1.82) is 0 Å². The summed E-state index contributed by atoms with van der Waals surface area (Å²) < 4.78 is 5.14. The van der Waals surface area contributed by atoms with E-state index in [1.807, 2.05) is 0 Å². The highest BCUT2D eigenvalue weighted by atomic mass is 16.5. The molecule has 3 N–H and O–H groups in total. The van der Waals surface area contributed by atoms with Gasteiger partial charge >= 0.3 is 5.97 Å². The van der Waals surface area contributed by atoms with E-state index in [1.165, 1.54) is 7.11 Å². The smallest absolute Gasteiger partial charge is 0.338 e. The van der Waals surface area contributed by atoms with E-state index in [4.69, 9.17) is 9.84 Å². The first-order valence-corrected chi connectivity index (χ1v) is 5.27. The lowest BCUT2D eigenvalue weighted by Crippen LogP contribution is -2.54. The molecule has 5 heteroatoms. The zero-order chi connectivity index (χ0) is 12.6. The van der Waals surface area contributed by atoms with Gasteiger partial charge in [-0.2, -0.15) is 0 Å². The zero-order valence-corrected chi connectivity index (χ0v) is 9.38. The highest BCUT2D eigenvalue weighted by molar-refractivity contribution is 5.79. The van der Waals surface area contributed by atoms with Gasteiger partial charge in [-0.3, -0.25) is 0 Å². The van der Waals surface area contributed by atoms with Gasteiger partial charge in [-0.05, 0) is 11.6 Å². The number of aliphatic carboxylic acids is 1. The summed E-state index contributed by atoms with van der Waals surface area (Å²) in [6.45, 7) is 0. The van der Waals surface area contributed by atoms with Crippen LogP contribution in [0.25, 0.3) is 0 Å². The SMILES string of the molecule is COc1cccc2c1C[C@](O)(C(=O)O)[C@@H](O)C2. The molecule has 0 aromatic heterocycles. The van der Waals surface area contributed by atoms with Crippen LogP contribution >= 0.6 is 0 Å². The summed E-state index contributed by atoms with van der Waals surface area (Å²) in [5, 5.41) is 28.7. The van der Waals surface area contributed by atoms with E-state index < -0.39 is 17.7 Å². The molecule has 0 saturated carbocycles. The molecule has 0 radical (unpaired) electrons. The second kappa shape index (κ2) is 4.01. The zero-order valence-electron chi connectivity index (χ0n) is 9.38. The van der Waals surface area contributed by atoms with Crippen molar-refractivity contribution in [2.24, 2.45) is 0 Å². The third kappa shape index (κ3) is 1.77. The summed E-state index contributed by atoms with van der Waals surface area (Å²) in [5.74, 6) is -0.879. The molecule has 2 atom stereocenters. The van der Waals surface area contributed by atoms with E-state index in [2.05, 4.69) is 0 Å². The Bertz CT molecular complexity index is 456. The highest BCUT2D eigenvalue weighted by Crippen LogP contribution is 2.34. The molecule has 0 bridgehead atoms. The molecule has 0 fully saturated rings. The standard InChI is InChI=1S/C12H14O5/c1-17-9-4-2-3-7-5-10(13)12(16,11(14)15)6-8(7)9/h2-4,10,13,16H,5-6H2,1H3,(H,14,15)/t10-,12+/m0/s1. The van der Waals surface area contributed by atoms with Crippen LogP contribution < -0.4 is 4.74 Å². The molecule has 2 rings (SSSR count). The van der Waals surface area contributed by atoms with Crippen LogP contribution in [0.2, 0.25) is 0 Å². The number of aliphatic hydroxyl groups is 2. The molecule has 1 aromatic rings. The van der Waals surface area contributed by atoms with Crippen LogP contribution in [-0.4, -0.2) is 40.1 Å². The van der Waals surface area contributed by atoms with E-state index >= 15 is 0 Å². The molecule has 92 valence electrons. The van der Waals surface area contributed by atoms with Crippen molar-refractivity contribution in [3.05, 3.63) is 29.3 Å². The van der Waals surface area contributed by atoms with E-state index in [0.29, 0.717) is 11.3 Å². The predicted molar refractivity (Wildman–Crippen MR) is 59.0 cm³/mol. The van der Waals surface area contributed by atoms with Crippen LogP contribution in [0, 0.1) is 0 Å². The first-order chi connectivity index (χ1) is 7.99. The van der Waals surface area contributed by atoms with Crippen molar-refractivity contribution in [2.45, 2.75) is 24.5 Å². The van der Waals surface area contributed by atoms with Gasteiger partial charge in [0.1, 0.15) is 5.75 Å². The van der Waals surface area contributed by atoms with E-state index in [9.17, 15) is 15.0 Å². The number of hydrogen-bond donors (Lipinski definition) is 3. The Morgan fingerprint density at radius 1 is 1.53 bits per heavy atom. The molecule has 0 spiro atoms. The Labute approximate surface area is 98.3 Å². The summed E-state index contributed by atoms with van der Waals surface area (Å²) >= 11 is 0. The van der Waals surface area contributed by atoms with Gasteiger partial charge in [0.15, 0.2) is 5.60 Å². The molecule has 0 aliphatic heterocycles. The summed E-state index contributed by atoms with van der Waals surface area (Å²) in [6, 6.07) is 5.27. The number of hydrogen-bond acceptors (Lipinski definition) is 4. The summed E-state index contributed by atoms with van der Waals surface area (Å²) in [6.07, 6.45) is -1.35. The van der Waals surface area contributed by atoms with E-state index in [-0.39, 0.29) is 12.8 Å². The van der Waals surface area contributed by atoms with E-state index in [1.54, 1.807) is 18.2 Å². The van der Waals surface area contributed by atoms with Gasteiger partial charge in [0.05, 0.1) is 13.2 Å². The van der Waals surface area contributed by atoms with Gasteiger partial charge < -0.3 is 20.1 Å². The molecule has 0 saturated heterocycles. The minimum atomic E-state index is -2.14. The summed E-state index contributed by atoms with van der Waals surface area (Å²) in [5.41, 5.74) is -0.685. The second-order valence-corrected chi connectivity index (χ2v) is 4.22. The second-order valence-electron chi connectivity index (χ2n) is 4.22. The highest BCUT2D eigenvalue weighted by Gasteiger charge is 2.47. The summed E-state index contributed by atoms with van der Waals surface area (Å²) in [7, 11) is 1.49. The molecule has 5 nitrogen and oxygen atoms in total. The minimum Gasteiger partial charge on any atom is -0.496 e. The van der Waals surface area contributed by atoms with Crippen LogP contribution in [0.15, 0.2) is 18.2 Å². The molecule has 17 heavy (non-hydrogen) atoms. The number of benzene rings is 1. The monoisotopic (exact) mass is 238 g/mol. The summed E-state index contributed by atoms with van der Waals surface area (Å²) in [4.78, 5) is 11.0. The lowest BCUT2D eigenvalue weighted by molar-refractivity contribution is -0.172. The lowest BCUT2D eigenvalue weighted by atomic mass is 9.78. The van der Waals surface area contributed by atoms with Crippen LogP contribution in [-0.2, 0) is 17.6 Å². The largest absolute Gasteiger partial charge is 0.496 e. The molecular formula is C12H14O5. The fraction of sp³-hybridized carbons (Fsp3) is 0.417. The maximum atomic E-state index is 11.0.